The molecule has 2 atom stereocenters. The summed E-state index contributed by atoms with van der Waals surface area (Å²) in [6.45, 7) is 4.96. The van der Waals surface area contributed by atoms with Crippen molar-refractivity contribution in [3.05, 3.63) is 11.6 Å². The zero-order valence-corrected chi connectivity index (χ0v) is 10.4. The highest BCUT2D eigenvalue weighted by molar-refractivity contribution is 5.77. The monoisotopic (exact) mass is 244 g/mol. The lowest BCUT2D eigenvalue weighted by Gasteiger charge is -2.56. The molecule has 2 unspecified atom stereocenters. The minimum absolute atomic E-state index is 0.0169. The van der Waals surface area contributed by atoms with Gasteiger partial charge in [-0.25, -0.2) is 4.79 Å². The third-order valence-corrected chi connectivity index (χ3v) is 4.31. The maximum Gasteiger partial charge on any atom is 0.376 e. The third kappa shape index (κ3) is 2.09. The van der Waals surface area contributed by atoms with Crippen molar-refractivity contribution in [2.45, 2.75) is 39.5 Å². The van der Waals surface area contributed by atoms with Gasteiger partial charge in [-0.3, -0.25) is 0 Å². The number of hydrogen-bond acceptors (Lipinski definition) is 2. The summed E-state index contributed by atoms with van der Waals surface area (Å²) in [6.07, 6.45) is 4.11. The maximum atomic E-state index is 12.6. The average Bonchev–Trinajstić information content (AvgIpc) is 2.24. The van der Waals surface area contributed by atoms with Gasteiger partial charge in [0.15, 0.2) is 0 Å². The van der Waals surface area contributed by atoms with Crippen LogP contribution in [0.2, 0.25) is 0 Å². The molecule has 3 aliphatic rings. The van der Waals surface area contributed by atoms with E-state index in [4.69, 9.17) is 0 Å². The Balaban J connectivity index is 1.93. The van der Waals surface area contributed by atoms with Crippen molar-refractivity contribution in [3.8, 4) is 0 Å². The highest BCUT2D eigenvalue weighted by Gasteiger charge is 2.51. The Hall–Kier alpha value is -0.930. The lowest BCUT2D eigenvalue weighted by Crippen LogP contribution is -2.49. The molecule has 0 saturated heterocycles. The van der Waals surface area contributed by atoms with Gasteiger partial charge in [0, 0.05) is 6.92 Å². The van der Waals surface area contributed by atoms with Crippen molar-refractivity contribution in [2.24, 2.45) is 17.3 Å². The van der Waals surface area contributed by atoms with E-state index in [9.17, 15) is 13.6 Å². The predicted molar refractivity (Wildman–Crippen MR) is 59.7 cm³/mol. The van der Waals surface area contributed by atoms with E-state index >= 15 is 0 Å². The van der Waals surface area contributed by atoms with E-state index in [0.717, 1.165) is 18.4 Å². The second-order valence-electron chi connectivity index (χ2n) is 5.79. The smallest absolute Gasteiger partial charge is 0.376 e. The zero-order valence-electron chi connectivity index (χ0n) is 10.4. The minimum atomic E-state index is -3.40. The SMILES string of the molecule is CC(F)(F)C(=O)OCC1=CCC2CC1C2(C)C. The number of ether oxygens (including phenoxy) is 1. The molecule has 0 spiro atoms. The Morgan fingerprint density at radius 1 is 1.59 bits per heavy atom. The number of carbonyl (C=O) groups is 1. The number of halogens is 2. The van der Waals surface area contributed by atoms with E-state index in [-0.39, 0.29) is 12.0 Å². The first-order chi connectivity index (χ1) is 7.73. The number of alkyl halides is 2. The summed E-state index contributed by atoms with van der Waals surface area (Å²) in [5.41, 5.74) is 1.24. The molecule has 96 valence electrons. The largest absolute Gasteiger partial charge is 0.457 e. The van der Waals surface area contributed by atoms with Gasteiger partial charge < -0.3 is 4.74 Å². The van der Waals surface area contributed by atoms with E-state index in [1.807, 2.05) is 6.08 Å². The van der Waals surface area contributed by atoms with E-state index in [2.05, 4.69) is 18.6 Å². The van der Waals surface area contributed by atoms with E-state index in [1.165, 1.54) is 0 Å². The Labute approximate surface area is 100 Å². The molecular formula is C13H18F2O2. The van der Waals surface area contributed by atoms with Crippen LogP contribution in [-0.4, -0.2) is 18.5 Å². The molecule has 0 amide bonds. The Bertz CT molecular complexity index is 366. The van der Waals surface area contributed by atoms with Crippen molar-refractivity contribution in [3.63, 3.8) is 0 Å². The average molecular weight is 244 g/mol. The predicted octanol–water partition coefficient (Wildman–Crippen LogP) is 3.18. The number of carbonyl (C=O) groups excluding carboxylic acids is 1. The highest BCUT2D eigenvalue weighted by atomic mass is 19.3. The summed E-state index contributed by atoms with van der Waals surface area (Å²) in [4.78, 5) is 11.0. The second kappa shape index (κ2) is 3.79. The van der Waals surface area contributed by atoms with Crippen LogP contribution in [-0.2, 0) is 9.53 Å². The first-order valence-corrected chi connectivity index (χ1v) is 5.97. The van der Waals surface area contributed by atoms with Crippen LogP contribution in [0.15, 0.2) is 11.6 Å². The highest BCUT2D eigenvalue weighted by Crippen LogP contribution is 2.59. The van der Waals surface area contributed by atoms with Gasteiger partial charge in [-0.1, -0.05) is 19.9 Å². The van der Waals surface area contributed by atoms with Gasteiger partial charge in [-0.2, -0.15) is 8.78 Å². The summed E-state index contributed by atoms with van der Waals surface area (Å²) in [5, 5.41) is 0. The minimum Gasteiger partial charge on any atom is -0.457 e. The van der Waals surface area contributed by atoms with Crippen LogP contribution in [0.4, 0.5) is 8.78 Å². The number of hydrogen-bond donors (Lipinski definition) is 0. The third-order valence-electron chi connectivity index (χ3n) is 4.31. The van der Waals surface area contributed by atoms with Crippen LogP contribution < -0.4 is 0 Å². The van der Waals surface area contributed by atoms with Crippen molar-refractivity contribution in [2.75, 3.05) is 6.61 Å². The van der Waals surface area contributed by atoms with Crippen LogP contribution in [0.25, 0.3) is 0 Å². The summed E-state index contributed by atoms with van der Waals surface area (Å²) < 4.78 is 29.9. The number of esters is 1. The van der Waals surface area contributed by atoms with Crippen LogP contribution in [0, 0.1) is 17.3 Å². The van der Waals surface area contributed by atoms with Crippen molar-refractivity contribution in [1.82, 2.24) is 0 Å². The van der Waals surface area contributed by atoms with Crippen LogP contribution in [0.5, 0.6) is 0 Å². The fraction of sp³-hybridized carbons (Fsp3) is 0.769. The molecule has 0 aromatic carbocycles. The van der Waals surface area contributed by atoms with E-state index in [0.29, 0.717) is 18.8 Å². The Kier molecular flexibility index (Phi) is 2.79. The molecule has 3 aliphatic carbocycles. The van der Waals surface area contributed by atoms with Gasteiger partial charge in [0.1, 0.15) is 6.61 Å². The van der Waals surface area contributed by atoms with Crippen LogP contribution in [0.1, 0.15) is 33.6 Å². The molecule has 4 heteroatoms. The molecule has 1 saturated carbocycles. The number of fused-ring (bicyclic) bond motifs is 1. The lowest BCUT2D eigenvalue weighted by molar-refractivity contribution is -0.168. The van der Waals surface area contributed by atoms with Crippen LogP contribution in [0.3, 0.4) is 0 Å². The zero-order chi connectivity index (χ0) is 12.8. The van der Waals surface area contributed by atoms with Gasteiger partial charge >= 0.3 is 11.9 Å². The van der Waals surface area contributed by atoms with Gasteiger partial charge in [-0.05, 0) is 35.7 Å². The summed E-state index contributed by atoms with van der Waals surface area (Å²) in [6, 6.07) is 0. The number of allylic oxidation sites excluding steroid dienone is 1. The first-order valence-electron chi connectivity index (χ1n) is 5.97. The molecule has 0 N–H and O–H groups in total. The second-order valence-corrected chi connectivity index (χ2v) is 5.79. The number of rotatable bonds is 3. The van der Waals surface area contributed by atoms with Gasteiger partial charge in [0.05, 0.1) is 0 Å². The van der Waals surface area contributed by atoms with Gasteiger partial charge in [0.25, 0.3) is 0 Å². The molecule has 0 aromatic rings. The molecule has 3 rings (SSSR count). The lowest BCUT2D eigenvalue weighted by atomic mass is 9.49. The molecule has 0 heterocycles. The Morgan fingerprint density at radius 2 is 2.24 bits per heavy atom. The van der Waals surface area contributed by atoms with Crippen molar-refractivity contribution >= 4 is 5.97 Å². The molecule has 1 fully saturated rings. The molecule has 17 heavy (non-hydrogen) atoms. The standard InChI is InChI=1S/C13H18F2O2/c1-12(2)9-5-4-8(10(12)6-9)7-17-11(16)13(3,14)15/h4,9-10H,5-7H2,1-3H3. The normalized spacial score (nSPS) is 30.3. The first kappa shape index (κ1) is 12.5. The van der Waals surface area contributed by atoms with Crippen molar-refractivity contribution in [1.29, 1.82) is 0 Å². The fourth-order valence-electron chi connectivity index (χ4n) is 2.92. The van der Waals surface area contributed by atoms with Gasteiger partial charge in [-0.15, -0.1) is 0 Å². The summed E-state index contributed by atoms with van der Waals surface area (Å²) >= 11 is 0. The molecule has 2 nitrogen and oxygen atoms in total. The van der Waals surface area contributed by atoms with Crippen molar-refractivity contribution < 1.29 is 18.3 Å². The topological polar surface area (TPSA) is 26.3 Å². The molecular weight excluding hydrogens is 226 g/mol. The molecule has 0 aliphatic heterocycles. The maximum absolute atomic E-state index is 12.6. The van der Waals surface area contributed by atoms with Crippen LogP contribution >= 0.6 is 0 Å². The molecule has 0 radical (unpaired) electrons. The van der Waals surface area contributed by atoms with E-state index < -0.39 is 11.9 Å². The quantitative estimate of drug-likeness (QED) is 0.563. The summed E-state index contributed by atoms with van der Waals surface area (Å²) in [7, 11) is 0. The van der Waals surface area contributed by atoms with Gasteiger partial charge in [0.2, 0.25) is 0 Å². The summed E-state index contributed by atoms with van der Waals surface area (Å²) in [5.74, 6) is -3.75. The fourth-order valence-corrected chi connectivity index (χ4v) is 2.92. The van der Waals surface area contributed by atoms with E-state index in [1.54, 1.807) is 0 Å². The Morgan fingerprint density at radius 3 is 2.71 bits per heavy atom. The molecule has 0 aromatic heterocycles. The molecule has 2 bridgehead atoms.